The molecule has 4 aromatic rings. The molecule has 0 saturated carbocycles. The number of hydrogen-bond donors (Lipinski definition) is 0. The largest absolute Gasteiger partial charge is 0.493 e. The molecule has 3 heterocycles. The van der Waals surface area contributed by atoms with Crippen LogP contribution in [0.3, 0.4) is 0 Å². The lowest BCUT2D eigenvalue weighted by atomic mass is 9.70. The van der Waals surface area contributed by atoms with E-state index in [-0.39, 0.29) is 23.7 Å². The number of benzene rings is 2. The molecule has 0 fully saturated rings. The van der Waals surface area contributed by atoms with Gasteiger partial charge in [0.05, 0.1) is 12.7 Å². The average Bonchev–Trinajstić information content (AvgIpc) is 3.29. The fraction of sp³-hybridized carbons (Fsp3) is 0.286. The molecular formula is C28H26N4O4. The molecule has 0 unspecified atom stereocenters. The lowest BCUT2D eigenvalue weighted by Crippen LogP contribution is -2.33. The summed E-state index contributed by atoms with van der Waals surface area (Å²) in [5.74, 6) is 2.66. The molecule has 36 heavy (non-hydrogen) atoms. The molecule has 1 aliphatic heterocycles. The van der Waals surface area contributed by atoms with Gasteiger partial charge in [-0.3, -0.25) is 4.79 Å². The van der Waals surface area contributed by atoms with Crippen LogP contribution in [0, 0.1) is 5.41 Å². The Kier molecular flexibility index (Phi) is 5.25. The number of aromatic nitrogens is 4. The Morgan fingerprint density at radius 3 is 2.58 bits per heavy atom. The van der Waals surface area contributed by atoms with E-state index < -0.39 is 0 Å². The highest BCUT2D eigenvalue weighted by molar-refractivity contribution is 6.00. The molecule has 0 spiro atoms. The standard InChI is InChI=1S/C28H26N4O4/c1-28(2)13-18(33)24-21(14-28)36-27-25(23(24)17-9-5-4-6-10-17)26-30-22(31-32(26)16-29-27)15-35-20-12-8-7-11-19(20)34-3/h4-12,16,23H,13-15H2,1-3H3/t23-/m1/s1. The van der Waals surface area contributed by atoms with Crippen molar-refractivity contribution in [2.24, 2.45) is 5.41 Å². The number of rotatable bonds is 5. The zero-order valence-electron chi connectivity index (χ0n) is 20.4. The van der Waals surface area contributed by atoms with Crippen molar-refractivity contribution in [3.63, 3.8) is 0 Å². The van der Waals surface area contributed by atoms with Gasteiger partial charge in [-0.25, -0.2) is 14.5 Å². The predicted molar refractivity (Wildman–Crippen MR) is 132 cm³/mol. The Balaban J connectivity index is 1.45. The van der Waals surface area contributed by atoms with E-state index in [4.69, 9.17) is 19.2 Å². The second-order valence-electron chi connectivity index (χ2n) is 9.92. The average molecular weight is 483 g/mol. The number of fused-ring (bicyclic) bond motifs is 3. The van der Waals surface area contributed by atoms with Gasteiger partial charge in [0.1, 0.15) is 18.7 Å². The third-order valence-corrected chi connectivity index (χ3v) is 6.67. The molecule has 1 aliphatic carbocycles. The molecule has 0 amide bonds. The Morgan fingerprint density at radius 1 is 1.06 bits per heavy atom. The number of carbonyl (C=O) groups is 1. The molecular weight excluding hydrogens is 456 g/mol. The zero-order chi connectivity index (χ0) is 24.9. The van der Waals surface area contributed by atoms with Crippen LogP contribution in [0.5, 0.6) is 17.4 Å². The summed E-state index contributed by atoms with van der Waals surface area (Å²) in [4.78, 5) is 22.8. The predicted octanol–water partition coefficient (Wildman–Crippen LogP) is 4.88. The van der Waals surface area contributed by atoms with Crippen molar-refractivity contribution in [1.82, 2.24) is 19.6 Å². The Hall–Kier alpha value is -4.20. The third-order valence-electron chi connectivity index (χ3n) is 6.67. The summed E-state index contributed by atoms with van der Waals surface area (Å²) in [5, 5.41) is 4.59. The minimum Gasteiger partial charge on any atom is -0.493 e. The molecule has 2 aromatic heterocycles. The SMILES string of the molecule is COc1ccccc1OCc1nc2c3c(ncn2n1)OC1=C(C(=O)CC(C)(C)C1)[C@H]3c1ccccc1. The van der Waals surface area contributed by atoms with Crippen molar-refractivity contribution in [2.75, 3.05) is 7.11 Å². The van der Waals surface area contributed by atoms with Gasteiger partial charge < -0.3 is 14.2 Å². The zero-order valence-corrected chi connectivity index (χ0v) is 20.4. The van der Waals surface area contributed by atoms with Gasteiger partial charge in [-0.1, -0.05) is 56.3 Å². The van der Waals surface area contributed by atoms with Gasteiger partial charge >= 0.3 is 0 Å². The van der Waals surface area contributed by atoms with E-state index in [1.54, 1.807) is 18.0 Å². The number of nitrogens with zero attached hydrogens (tertiary/aromatic N) is 4. The minimum atomic E-state index is -0.336. The van der Waals surface area contributed by atoms with Crippen LogP contribution in [0.4, 0.5) is 0 Å². The lowest BCUT2D eigenvalue weighted by Gasteiger charge is -2.37. The number of Topliss-reactive ketones (excluding diaryl/α,β-unsaturated/α-hetero) is 1. The van der Waals surface area contributed by atoms with Crippen molar-refractivity contribution in [1.29, 1.82) is 0 Å². The summed E-state index contributed by atoms with van der Waals surface area (Å²) < 4.78 is 19.2. The summed E-state index contributed by atoms with van der Waals surface area (Å²) in [6, 6.07) is 17.4. The molecule has 6 rings (SSSR count). The van der Waals surface area contributed by atoms with E-state index in [0.29, 0.717) is 53.0 Å². The van der Waals surface area contributed by atoms with Crippen molar-refractivity contribution < 1.29 is 19.0 Å². The number of para-hydroxylation sites is 2. The molecule has 8 nitrogen and oxygen atoms in total. The Morgan fingerprint density at radius 2 is 1.81 bits per heavy atom. The number of carbonyl (C=O) groups excluding carboxylic acids is 1. The number of allylic oxidation sites excluding steroid dienone is 2. The van der Waals surface area contributed by atoms with Gasteiger partial charge in [0, 0.05) is 24.3 Å². The van der Waals surface area contributed by atoms with E-state index in [9.17, 15) is 4.79 Å². The fourth-order valence-electron chi connectivity index (χ4n) is 5.11. The second kappa shape index (κ2) is 8.48. The van der Waals surface area contributed by atoms with Crippen LogP contribution in [0.1, 0.15) is 49.6 Å². The maximum atomic E-state index is 13.5. The van der Waals surface area contributed by atoms with Crippen LogP contribution in [0.25, 0.3) is 5.65 Å². The molecule has 0 radical (unpaired) electrons. The van der Waals surface area contributed by atoms with Crippen molar-refractivity contribution in [3.05, 3.63) is 89.2 Å². The fourth-order valence-corrected chi connectivity index (χ4v) is 5.11. The first-order valence-electron chi connectivity index (χ1n) is 11.9. The first-order valence-corrected chi connectivity index (χ1v) is 11.9. The topological polar surface area (TPSA) is 87.8 Å². The number of ketones is 1. The molecule has 8 heteroatoms. The van der Waals surface area contributed by atoms with Gasteiger partial charge in [0.25, 0.3) is 0 Å². The highest BCUT2D eigenvalue weighted by Gasteiger charge is 2.43. The summed E-state index contributed by atoms with van der Waals surface area (Å²) in [7, 11) is 1.60. The maximum Gasteiger partial charge on any atom is 0.228 e. The summed E-state index contributed by atoms with van der Waals surface area (Å²) in [6.45, 7) is 4.33. The van der Waals surface area contributed by atoms with E-state index in [0.717, 1.165) is 11.1 Å². The quantitative estimate of drug-likeness (QED) is 0.401. The molecule has 0 N–H and O–H groups in total. The highest BCUT2D eigenvalue weighted by atomic mass is 16.5. The van der Waals surface area contributed by atoms with Crippen LogP contribution >= 0.6 is 0 Å². The first-order chi connectivity index (χ1) is 17.4. The first kappa shape index (κ1) is 22.3. The summed E-state index contributed by atoms with van der Waals surface area (Å²) in [5.41, 5.74) is 2.85. The van der Waals surface area contributed by atoms with Crippen LogP contribution in [0.2, 0.25) is 0 Å². The van der Waals surface area contributed by atoms with Gasteiger partial charge in [0.15, 0.2) is 28.8 Å². The van der Waals surface area contributed by atoms with E-state index in [1.165, 1.54) is 0 Å². The van der Waals surface area contributed by atoms with Crippen LogP contribution in [-0.4, -0.2) is 32.5 Å². The minimum absolute atomic E-state index is 0.0991. The molecule has 182 valence electrons. The second-order valence-corrected chi connectivity index (χ2v) is 9.92. The smallest absolute Gasteiger partial charge is 0.228 e. The molecule has 0 saturated heterocycles. The maximum absolute atomic E-state index is 13.5. The third kappa shape index (κ3) is 3.79. The van der Waals surface area contributed by atoms with Crippen LogP contribution in [-0.2, 0) is 11.4 Å². The number of methoxy groups -OCH3 is 1. The molecule has 0 bridgehead atoms. The van der Waals surface area contributed by atoms with Gasteiger partial charge in [-0.15, -0.1) is 5.10 Å². The van der Waals surface area contributed by atoms with Gasteiger partial charge in [-0.05, 0) is 23.1 Å². The Bertz CT molecular complexity index is 1510. The monoisotopic (exact) mass is 482 g/mol. The van der Waals surface area contributed by atoms with Crippen molar-refractivity contribution >= 4 is 11.4 Å². The van der Waals surface area contributed by atoms with Crippen molar-refractivity contribution in [3.8, 4) is 17.4 Å². The normalized spacial score (nSPS) is 18.4. The van der Waals surface area contributed by atoms with E-state index in [1.807, 2.05) is 54.6 Å². The summed E-state index contributed by atoms with van der Waals surface area (Å²) in [6.07, 6.45) is 2.74. The number of hydrogen-bond acceptors (Lipinski definition) is 7. The van der Waals surface area contributed by atoms with Gasteiger partial charge in [-0.2, -0.15) is 0 Å². The van der Waals surface area contributed by atoms with E-state index >= 15 is 0 Å². The summed E-state index contributed by atoms with van der Waals surface area (Å²) >= 11 is 0. The molecule has 1 atom stereocenters. The van der Waals surface area contributed by atoms with Crippen molar-refractivity contribution in [2.45, 2.75) is 39.2 Å². The highest BCUT2D eigenvalue weighted by Crippen LogP contribution is 2.50. The van der Waals surface area contributed by atoms with Gasteiger partial charge in [0.2, 0.25) is 5.88 Å². The molecule has 2 aliphatic rings. The Labute approximate surface area is 208 Å². The number of ether oxygens (including phenoxy) is 3. The molecule has 2 aromatic carbocycles. The van der Waals surface area contributed by atoms with E-state index in [2.05, 4.69) is 23.9 Å². The lowest BCUT2D eigenvalue weighted by molar-refractivity contribution is -0.118. The van der Waals surface area contributed by atoms with Crippen LogP contribution < -0.4 is 14.2 Å². The van der Waals surface area contributed by atoms with Crippen LogP contribution in [0.15, 0.2) is 72.3 Å².